The molecule has 0 aliphatic heterocycles. The van der Waals surface area contributed by atoms with E-state index in [-0.39, 0.29) is 11.0 Å². The van der Waals surface area contributed by atoms with Crippen molar-refractivity contribution in [1.29, 1.82) is 0 Å². The Morgan fingerprint density at radius 3 is 2.28 bits per heavy atom. The zero-order valence-corrected chi connectivity index (χ0v) is 15.0. The molecule has 128 valence electrons. The van der Waals surface area contributed by atoms with Crippen molar-refractivity contribution in [2.24, 2.45) is 0 Å². The van der Waals surface area contributed by atoms with Gasteiger partial charge in [-0.05, 0) is 36.4 Å². The first kappa shape index (κ1) is 17.8. The van der Waals surface area contributed by atoms with Crippen molar-refractivity contribution >= 4 is 39.3 Å². The third-order valence-electron chi connectivity index (χ3n) is 3.12. The highest BCUT2D eigenvalue weighted by Crippen LogP contribution is 2.38. The van der Waals surface area contributed by atoms with Crippen LogP contribution in [0.4, 0.5) is 24.8 Å². The van der Waals surface area contributed by atoms with Crippen LogP contribution in [-0.2, 0) is 6.18 Å². The highest BCUT2D eigenvalue weighted by Gasteiger charge is 2.35. The number of aromatic nitrogens is 2. The Morgan fingerprint density at radius 2 is 1.64 bits per heavy atom. The number of rotatable bonds is 4. The largest absolute Gasteiger partial charge is 0.420 e. The molecule has 3 aromatic rings. The van der Waals surface area contributed by atoms with Crippen molar-refractivity contribution in [1.82, 2.24) is 9.97 Å². The fourth-order valence-corrected chi connectivity index (χ4v) is 3.15. The van der Waals surface area contributed by atoms with Crippen molar-refractivity contribution in [3.8, 4) is 0 Å². The third-order valence-corrected chi connectivity index (χ3v) is 4.66. The standard InChI is InChI=1S/C17H11BrF3N3S/c18-11-6-8-12(9-7-11)23-16-22-10-14(17(19,20)21)15(24-16)25-13-4-2-1-3-5-13/h1-10H,(H,22,23,24). The number of benzene rings is 2. The third kappa shape index (κ3) is 4.73. The van der Waals surface area contributed by atoms with E-state index in [1.54, 1.807) is 42.5 Å². The SMILES string of the molecule is FC(F)(F)c1cnc(Nc2ccc(Br)cc2)nc1Sc1ccccc1. The molecule has 0 radical (unpaired) electrons. The van der Waals surface area contributed by atoms with Crippen LogP contribution >= 0.6 is 27.7 Å². The monoisotopic (exact) mass is 425 g/mol. The van der Waals surface area contributed by atoms with E-state index < -0.39 is 11.7 Å². The second-order valence-corrected chi connectivity index (χ2v) is 6.94. The van der Waals surface area contributed by atoms with Crippen LogP contribution in [0.15, 0.2) is 75.2 Å². The van der Waals surface area contributed by atoms with Gasteiger partial charge in [-0.25, -0.2) is 9.97 Å². The van der Waals surface area contributed by atoms with Crippen LogP contribution in [-0.4, -0.2) is 9.97 Å². The first-order chi connectivity index (χ1) is 11.9. The Morgan fingerprint density at radius 1 is 0.960 bits per heavy atom. The molecular weight excluding hydrogens is 415 g/mol. The molecule has 0 aliphatic carbocycles. The maximum absolute atomic E-state index is 13.2. The predicted molar refractivity (Wildman–Crippen MR) is 95.0 cm³/mol. The summed E-state index contributed by atoms with van der Waals surface area (Å²) in [5.41, 5.74) is -0.179. The molecule has 3 nitrogen and oxygen atoms in total. The maximum atomic E-state index is 13.2. The second kappa shape index (κ2) is 7.45. The first-order valence-electron chi connectivity index (χ1n) is 7.11. The van der Waals surface area contributed by atoms with Crippen molar-refractivity contribution in [2.45, 2.75) is 16.1 Å². The van der Waals surface area contributed by atoms with Gasteiger partial charge < -0.3 is 5.32 Å². The molecule has 0 atom stereocenters. The summed E-state index contributed by atoms with van der Waals surface area (Å²) in [4.78, 5) is 8.53. The Balaban J connectivity index is 1.93. The molecule has 0 amide bonds. The van der Waals surface area contributed by atoms with Crippen LogP contribution in [0, 0.1) is 0 Å². The summed E-state index contributed by atoms with van der Waals surface area (Å²) in [6, 6.07) is 16.0. The quantitative estimate of drug-likeness (QED) is 0.508. The van der Waals surface area contributed by atoms with E-state index in [2.05, 4.69) is 31.2 Å². The van der Waals surface area contributed by atoms with Gasteiger partial charge in [0.15, 0.2) is 0 Å². The Labute approximate surface area is 154 Å². The van der Waals surface area contributed by atoms with E-state index in [1.165, 1.54) is 0 Å². The van der Waals surface area contributed by atoms with Crippen LogP contribution in [0.2, 0.25) is 0 Å². The lowest BCUT2D eigenvalue weighted by Gasteiger charge is -2.13. The van der Waals surface area contributed by atoms with Gasteiger partial charge in [0, 0.05) is 21.3 Å². The highest BCUT2D eigenvalue weighted by molar-refractivity contribution is 9.10. The zero-order chi connectivity index (χ0) is 17.9. The molecule has 0 fully saturated rings. The number of hydrogen-bond acceptors (Lipinski definition) is 4. The van der Waals surface area contributed by atoms with Gasteiger partial charge >= 0.3 is 6.18 Å². The van der Waals surface area contributed by atoms with E-state index >= 15 is 0 Å². The molecule has 0 saturated heterocycles. The predicted octanol–water partition coefficient (Wildman–Crippen LogP) is 6.15. The molecule has 0 bridgehead atoms. The Kier molecular flexibility index (Phi) is 5.29. The topological polar surface area (TPSA) is 37.8 Å². The number of halogens is 4. The van der Waals surface area contributed by atoms with E-state index in [0.29, 0.717) is 10.6 Å². The van der Waals surface area contributed by atoms with Crippen LogP contribution in [0.3, 0.4) is 0 Å². The minimum absolute atomic E-state index is 0.105. The van der Waals surface area contributed by atoms with Gasteiger partial charge in [0.1, 0.15) is 10.6 Å². The number of nitrogens with one attached hydrogen (secondary N) is 1. The van der Waals surface area contributed by atoms with Gasteiger partial charge in [-0.1, -0.05) is 45.9 Å². The van der Waals surface area contributed by atoms with Crippen molar-refractivity contribution in [3.63, 3.8) is 0 Å². The van der Waals surface area contributed by atoms with E-state index in [9.17, 15) is 13.2 Å². The van der Waals surface area contributed by atoms with Crippen LogP contribution in [0.1, 0.15) is 5.56 Å². The number of nitrogens with zero attached hydrogens (tertiary/aromatic N) is 2. The van der Waals surface area contributed by atoms with Crippen LogP contribution in [0.25, 0.3) is 0 Å². The minimum atomic E-state index is -4.52. The smallest absolute Gasteiger partial charge is 0.324 e. The summed E-state index contributed by atoms with van der Waals surface area (Å²) < 4.78 is 40.6. The van der Waals surface area contributed by atoms with Gasteiger partial charge in [-0.15, -0.1) is 0 Å². The maximum Gasteiger partial charge on any atom is 0.420 e. The molecule has 1 heterocycles. The van der Waals surface area contributed by atoms with E-state index in [1.807, 2.05) is 12.1 Å². The molecule has 1 aromatic heterocycles. The molecule has 0 saturated carbocycles. The van der Waals surface area contributed by atoms with Crippen molar-refractivity contribution in [2.75, 3.05) is 5.32 Å². The number of alkyl halides is 3. The van der Waals surface area contributed by atoms with E-state index in [4.69, 9.17) is 0 Å². The molecule has 1 N–H and O–H groups in total. The minimum Gasteiger partial charge on any atom is -0.324 e. The summed E-state index contributed by atoms with van der Waals surface area (Å²) >= 11 is 4.27. The lowest BCUT2D eigenvalue weighted by molar-refractivity contribution is -0.140. The molecule has 0 spiro atoms. The highest BCUT2D eigenvalue weighted by atomic mass is 79.9. The molecule has 2 aromatic carbocycles. The first-order valence-corrected chi connectivity index (χ1v) is 8.72. The van der Waals surface area contributed by atoms with E-state index in [0.717, 1.165) is 22.4 Å². The average Bonchev–Trinajstić information content (AvgIpc) is 2.57. The molecular formula is C17H11BrF3N3S. The Hall–Kier alpha value is -2.06. The molecule has 25 heavy (non-hydrogen) atoms. The van der Waals surface area contributed by atoms with Gasteiger partial charge in [-0.3, -0.25) is 0 Å². The normalized spacial score (nSPS) is 11.4. The lowest BCUT2D eigenvalue weighted by atomic mass is 10.3. The van der Waals surface area contributed by atoms with Gasteiger partial charge in [-0.2, -0.15) is 13.2 Å². The summed E-state index contributed by atoms with van der Waals surface area (Å²) in [7, 11) is 0. The molecule has 0 unspecified atom stereocenters. The average molecular weight is 426 g/mol. The molecule has 8 heteroatoms. The van der Waals surface area contributed by atoms with Crippen molar-refractivity contribution in [3.05, 3.63) is 70.8 Å². The van der Waals surface area contributed by atoms with Crippen LogP contribution < -0.4 is 5.32 Å². The van der Waals surface area contributed by atoms with Crippen molar-refractivity contribution < 1.29 is 13.2 Å². The zero-order valence-electron chi connectivity index (χ0n) is 12.6. The lowest BCUT2D eigenvalue weighted by Crippen LogP contribution is -2.10. The van der Waals surface area contributed by atoms with Gasteiger partial charge in [0.25, 0.3) is 0 Å². The number of hydrogen-bond donors (Lipinski definition) is 1. The molecule has 3 rings (SSSR count). The van der Waals surface area contributed by atoms with Crippen LogP contribution in [0.5, 0.6) is 0 Å². The van der Waals surface area contributed by atoms with Gasteiger partial charge in [0.2, 0.25) is 5.95 Å². The fraction of sp³-hybridized carbons (Fsp3) is 0.0588. The van der Waals surface area contributed by atoms with Gasteiger partial charge in [0.05, 0.1) is 0 Å². The summed E-state index contributed by atoms with van der Waals surface area (Å²) in [6.45, 7) is 0. The second-order valence-electron chi connectivity index (χ2n) is 4.96. The number of anilines is 2. The fourth-order valence-electron chi connectivity index (χ4n) is 1.96. The Bertz CT molecular complexity index is 855. The summed E-state index contributed by atoms with van der Waals surface area (Å²) in [6.07, 6.45) is -3.72. The summed E-state index contributed by atoms with van der Waals surface area (Å²) in [5, 5.41) is 2.77. The summed E-state index contributed by atoms with van der Waals surface area (Å²) in [5.74, 6) is 0.105. The molecule has 0 aliphatic rings.